The lowest BCUT2D eigenvalue weighted by atomic mass is 9.81. The molecule has 10 heteroatoms. The molecule has 1 aromatic carbocycles. The molecule has 0 spiro atoms. The first kappa shape index (κ1) is 26.5. The number of halogens is 4. The van der Waals surface area contributed by atoms with E-state index in [-0.39, 0.29) is 11.3 Å². The molecule has 2 rings (SSSR count). The Morgan fingerprint density at radius 3 is 2.12 bits per heavy atom. The summed E-state index contributed by atoms with van der Waals surface area (Å²) in [5.74, 6) is -0.524. The Morgan fingerprint density at radius 2 is 1.67 bits per heavy atom. The molecule has 1 unspecified atom stereocenters. The Hall–Kier alpha value is -2.72. The molecule has 6 nitrogen and oxygen atoms in total. The number of hydrogen-bond acceptors (Lipinski definition) is 5. The lowest BCUT2D eigenvalue weighted by Gasteiger charge is -2.35. The van der Waals surface area contributed by atoms with Crippen LogP contribution in [0.1, 0.15) is 45.9 Å². The van der Waals surface area contributed by atoms with E-state index in [4.69, 9.17) is 10.5 Å². The third kappa shape index (κ3) is 6.00. The summed E-state index contributed by atoms with van der Waals surface area (Å²) in [5, 5.41) is 12.4. The summed E-state index contributed by atoms with van der Waals surface area (Å²) in [6, 6.07) is 7.69. The fraction of sp³-hybridized carbons (Fsp3) is 0.478. The minimum Gasteiger partial charge on any atom is -0.444 e. The van der Waals surface area contributed by atoms with Crippen LogP contribution in [0.4, 0.5) is 22.4 Å². The van der Waals surface area contributed by atoms with Crippen LogP contribution in [0.5, 0.6) is 0 Å². The fourth-order valence-electron chi connectivity index (χ4n) is 3.14. The highest BCUT2D eigenvalue weighted by molar-refractivity contribution is 5.69. The van der Waals surface area contributed by atoms with Gasteiger partial charge < -0.3 is 20.9 Å². The van der Waals surface area contributed by atoms with Crippen LogP contribution in [-0.4, -0.2) is 41.1 Å². The topological polar surface area (TPSA) is 97.5 Å². The van der Waals surface area contributed by atoms with Gasteiger partial charge in [-0.2, -0.15) is 13.2 Å². The number of alkyl halides is 3. The minimum absolute atomic E-state index is 0.0945. The molecular formula is C23H29F4N3O3. The maximum absolute atomic E-state index is 14.1. The molecule has 1 atom stereocenters. The summed E-state index contributed by atoms with van der Waals surface area (Å²) >= 11 is 0. The lowest BCUT2D eigenvalue weighted by Crippen LogP contribution is -2.52. The predicted molar refractivity (Wildman–Crippen MR) is 116 cm³/mol. The number of aliphatic hydroxyl groups is 1. The van der Waals surface area contributed by atoms with Gasteiger partial charge in [0.1, 0.15) is 16.8 Å². The van der Waals surface area contributed by atoms with E-state index in [9.17, 15) is 27.5 Å². The average molecular weight is 471 g/mol. The van der Waals surface area contributed by atoms with E-state index in [1.165, 1.54) is 18.2 Å². The molecule has 0 saturated heterocycles. The molecule has 1 amide bonds. The fourth-order valence-corrected chi connectivity index (χ4v) is 3.14. The summed E-state index contributed by atoms with van der Waals surface area (Å²) in [4.78, 5) is 16.5. The minimum atomic E-state index is -4.91. The molecule has 1 heterocycles. The molecule has 0 aliphatic carbocycles. The van der Waals surface area contributed by atoms with E-state index >= 15 is 0 Å². The van der Waals surface area contributed by atoms with E-state index < -0.39 is 53.5 Å². The third-order valence-corrected chi connectivity index (χ3v) is 5.15. The molecular weight excluding hydrogens is 442 g/mol. The van der Waals surface area contributed by atoms with Gasteiger partial charge in [-0.1, -0.05) is 0 Å². The standard InChI is InChI=1S/C23H29F4N3O3/c1-20(2,3)33-19(32)30-21(4,5)15-10-17(14-6-8-16(24)9-7-14)29-18(11-15)22(12-28,13-31)23(25,26)27/h6-11,31H,12-13,28H2,1-5H3,(H,30,32). The highest BCUT2D eigenvalue weighted by atomic mass is 19.4. The van der Waals surface area contributed by atoms with Gasteiger partial charge in [-0.3, -0.25) is 4.98 Å². The summed E-state index contributed by atoms with van der Waals surface area (Å²) in [6.07, 6.45) is -5.68. The van der Waals surface area contributed by atoms with Crippen molar-refractivity contribution in [1.29, 1.82) is 0 Å². The molecule has 33 heavy (non-hydrogen) atoms. The van der Waals surface area contributed by atoms with Gasteiger partial charge in [0.05, 0.1) is 23.5 Å². The summed E-state index contributed by atoms with van der Waals surface area (Å²) < 4.78 is 60.8. The molecule has 4 N–H and O–H groups in total. The molecule has 0 bridgehead atoms. The van der Waals surface area contributed by atoms with Crippen molar-refractivity contribution in [3.8, 4) is 11.3 Å². The van der Waals surface area contributed by atoms with Crippen molar-refractivity contribution in [2.24, 2.45) is 5.73 Å². The second-order valence-corrected chi connectivity index (χ2v) is 9.33. The van der Waals surface area contributed by atoms with Crippen molar-refractivity contribution in [3.63, 3.8) is 0 Å². The Bertz CT molecular complexity index is 980. The SMILES string of the molecule is CC(C)(C)OC(=O)NC(C)(C)c1cc(-c2ccc(F)cc2)nc(C(CN)(CO)C(F)(F)F)c1. The number of carbonyl (C=O) groups is 1. The Kier molecular flexibility index (Phi) is 7.45. The zero-order valence-corrected chi connectivity index (χ0v) is 19.2. The first-order chi connectivity index (χ1) is 15.0. The molecule has 2 aromatic rings. The molecule has 0 fully saturated rings. The highest BCUT2D eigenvalue weighted by Gasteiger charge is 2.56. The van der Waals surface area contributed by atoms with Crippen molar-refractivity contribution < 1.29 is 32.2 Å². The number of nitrogens with two attached hydrogens (primary N) is 1. The second kappa shape index (κ2) is 9.26. The van der Waals surface area contributed by atoms with Crippen LogP contribution in [0.2, 0.25) is 0 Å². The molecule has 0 aliphatic rings. The zero-order valence-electron chi connectivity index (χ0n) is 19.2. The number of hydrogen-bond donors (Lipinski definition) is 3. The third-order valence-electron chi connectivity index (χ3n) is 5.15. The number of alkyl carbamates (subject to hydrolysis) is 1. The highest BCUT2D eigenvalue weighted by Crippen LogP contribution is 2.41. The van der Waals surface area contributed by atoms with Gasteiger partial charge in [-0.25, -0.2) is 9.18 Å². The lowest BCUT2D eigenvalue weighted by molar-refractivity contribution is -0.199. The normalized spacial score (nSPS) is 14.5. The van der Waals surface area contributed by atoms with Crippen LogP contribution < -0.4 is 11.1 Å². The number of nitrogens with zero attached hydrogens (tertiary/aromatic N) is 1. The van der Waals surface area contributed by atoms with Crippen LogP contribution in [-0.2, 0) is 15.7 Å². The first-order valence-corrected chi connectivity index (χ1v) is 10.2. The van der Waals surface area contributed by atoms with Crippen molar-refractivity contribution in [3.05, 3.63) is 53.5 Å². The number of carbonyl (C=O) groups excluding carboxylic acids is 1. The van der Waals surface area contributed by atoms with Gasteiger partial charge in [0.25, 0.3) is 0 Å². The molecule has 0 radical (unpaired) electrons. The predicted octanol–water partition coefficient (Wildman–Crippen LogP) is 4.40. The zero-order chi connectivity index (χ0) is 25.2. The van der Waals surface area contributed by atoms with E-state index in [1.54, 1.807) is 34.6 Å². The van der Waals surface area contributed by atoms with Crippen molar-refractivity contribution in [2.45, 2.75) is 57.3 Å². The van der Waals surface area contributed by atoms with Gasteiger partial charge in [-0.05, 0) is 76.6 Å². The van der Waals surface area contributed by atoms with Gasteiger partial charge in [0.2, 0.25) is 0 Å². The largest absolute Gasteiger partial charge is 0.444 e. The second-order valence-electron chi connectivity index (χ2n) is 9.33. The maximum atomic E-state index is 14.1. The monoisotopic (exact) mass is 471 g/mol. The van der Waals surface area contributed by atoms with Gasteiger partial charge in [0, 0.05) is 12.1 Å². The Labute approximate surface area is 190 Å². The van der Waals surface area contributed by atoms with Crippen LogP contribution in [0.25, 0.3) is 11.3 Å². The molecule has 0 aliphatic heterocycles. The summed E-state index contributed by atoms with van der Waals surface area (Å²) in [5.41, 5.74) is 0.857. The van der Waals surface area contributed by atoms with Crippen LogP contribution in [0, 0.1) is 5.82 Å². The van der Waals surface area contributed by atoms with Gasteiger partial charge in [0.15, 0.2) is 0 Å². The van der Waals surface area contributed by atoms with E-state index in [1.807, 2.05) is 0 Å². The number of aliphatic hydroxyl groups excluding tert-OH is 1. The van der Waals surface area contributed by atoms with Crippen LogP contribution >= 0.6 is 0 Å². The van der Waals surface area contributed by atoms with E-state index in [2.05, 4.69) is 10.3 Å². The Balaban J connectivity index is 2.70. The average Bonchev–Trinajstić information content (AvgIpc) is 2.66. The van der Waals surface area contributed by atoms with Crippen molar-refractivity contribution >= 4 is 6.09 Å². The molecule has 1 aromatic heterocycles. The number of nitrogens with one attached hydrogen (secondary N) is 1. The van der Waals surface area contributed by atoms with E-state index in [0.29, 0.717) is 5.56 Å². The first-order valence-electron chi connectivity index (χ1n) is 10.2. The number of ether oxygens (including phenoxy) is 1. The number of pyridine rings is 1. The van der Waals surface area contributed by atoms with Crippen molar-refractivity contribution in [2.75, 3.05) is 13.2 Å². The smallest absolute Gasteiger partial charge is 0.408 e. The number of benzene rings is 1. The Morgan fingerprint density at radius 1 is 1.09 bits per heavy atom. The number of aromatic nitrogens is 1. The summed E-state index contributed by atoms with van der Waals surface area (Å²) in [6.45, 7) is 5.92. The maximum Gasteiger partial charge on any atom is 0.408 e. The van der Waals surface area contributed by atoms with E-state index in [0.717, 1.165) is 18.2 Å². The number of rotatable bonds is 6. The van der Waals surface area contributed by atoms with Gasteiger partial charge >= 0.3 is 12.3 Å². The number of amides is 1. The van der Waals surface area contributed by atoms with Crippen molar-refractivity contribution in [1.82, 2.24) is 10.3 Å². The van der Waals surface area contributed by atoms with Crippen LogP contribution in [0.15, 0.2) is 36.4 Å². The molecule has 182 valence electrons. The van der Waals surface area contributed by atoms with Gasteiger partial charge in [-0.15, -0.1) is 0 Å². The molecule has 0 saturated carbocycles. The quantitative estimate of drug-likeness (QED) is 0.543. The summed E-state index contributed by atoms with van der Waals surface area (Å²) in [7, 11) is 0. The van der Waals surface area contributed by atoms with Crippen LogP contribution in [0.3, 0.4) is 0 Å².